The summed E-state index contributed by atoms with van der Waals surface area (Å²) in [6.45, 7) is 7.27. The molecule has 0 saturated carbocycles. The van der Waals surface area contributed by atoms with Gasteiger partial charge in [-0.2, -0.15) is 10.2 Å². The van der Waals surface area contributed by atoms with Crippen molar-refractivity contribution in [1.82, 2.24) is 9.96 Å². The third-order valence-corrected chi connectivity index (χ3v) is 9.01. The lowest BCUT2D eigenvalue weighted by molar-refractivity contribution is -0.292. The maximum absolute atomic E-state index is 14.0. The molecule has 0 aliphatic carbocycles. The van der Waals surface area contributed by atoms with E-state index in [1.165, 1.54) is 4.90 Å². The van der Waals surface area contributed by atoms with Crippen molar-refractivity contribution in [2.45, 2.75) is 57.7 Å². The van der Waals surface area contributed by atoms with Crippen molar-refractivity contribution in [1.29, 1.82) is 0 Å². The van der Waals surface area contributed by atoms with Crippen LogP contribution in [0.15, 0.2) is 89.1 Å². The molecule has 3 aliphatic heterocycles. The molecular formula is C35H30N5O5. The standard InChI is InChI=1S/C35H30N5O5/c1-34(2)18-23(19-35(3,4)40(34)45)39-32(43)26-16-14-24-28-25(15-17-27(29(26)28)33(39)44)31(42)38(30(24)41)22-12-10-21(11-13-22)37-36-20-8-6-5-7-9-20/h5-17,23H,18-19H2,1-4H3. The Bertz CT molecular complexity index is 1880. The van der Waals surface area contributed by atoms with Crippen LogP contribution in [0.2, 0.25) is 0 Å². The summed E-state index contributed by atoms with van der Waals surface area (Å²) in [6.07, 6.45) is 0.648. The molecule has 7 rings (SSSR count). The summed E-state index contributed by atoms with van der Waals surface area (Å²) < 4.78 is 0. The van der Waals surface area contributed by atoms with Crippen molar-refractivity contribution in [3.8, 4) is 0 Å². The number of azo groups is 1. The normalized spacial score (nSPS) is 19.7. The van der Waals surface area contributed by atoms with Crippen LogP contribution in [-0.2, 0) is 5.21 Å². The number of hydrogen-bond donors (Lipinski definition) is 0. The lowest BCUT2D eigenvalue weighted by Crippen LogP contribution is -2.64. The minimum absolute atomic E-state index is 0.231. The van der Waals surface area contributed by atoms with Crippen LogP contribution < -0.4 is 4.90 Å². The Labute approximate surface area is 259 Å². The third kappa shape index (κ3) is 4.40. The highest BCUT2D eigenvalue weighted by atomic mass is 16.5. The number of carbonyl (C=O) groups excluding carboxylic acids is 4. The number of nitrogens with zero attached hydrogens (tertiary/aromatic N) is 5. The molecule has 4 aromatic rings. The van der Waals surface area contributed by atoms with E-state index >= 15 is 0 Å². The number of rotatable bonds is 4. The van der Waals surface area contributed by atoms with Gasteiger partial charge < -0.3 is 0 Å². The molecule has 1 radical (unpaired) electrons. The largest absolute Gasteiger partial charge is 0.271 e. The second kappa shape index (κ2) is 9.98. The quantitative estimate of drug-likeness (QED) is 0.184. The molecule has 4 amide bonds. The summed E-state index contributed by atoms with van der Waals surface area (Å²) in [5, 5.41) is 23.1. The van der Waals surface area contributed by atoms with Crippen LogP contribution in [0.5, 0.6) is 0 Å². The summed E-state index contributed by atoms with van der Waals surface area (Å²) >= 11 is 0. The maximum atomic E-state index is 14.0. The SMILES string of the molecule is CC1(C)CC(N2C(=O)c3ccc4c5c(ccc(c35)C2=O)C(=O)N(c2ccc(N=Nc3ccccc3)cc2)C4=O)CC(C)(C)N1[O]. The van der Waals surface area contributed by atoms with Gasteiger partial charge in [-0.15, -0.1) is 10.3 Å². The van der Waals surface area contributed by atoms with E-state index in [2.05, 4.69) is 10.2 Å². The number of amides is 4. The number of piperidine rings is 1. The second-order valence-electron chi connectivity index (χ2n) is 13.0. The summed E-state index contributed by atoms with van der Waals surface area (Å²) in [6, 6.07) is 21.6. The Balaban J connectivity index is 1.24. The second-order valence-corrected chi connectivity index (χ2v) is 13.0. The van der Waals surface area contributed by atoms with Gasteiger partial charge in [0.05, 0.1) is 17.1 Å². The summed E-state index contributed by atoms with van der Waals surface area (Å²) in [5.41, 5.74) is 0.997. The Morgan fingerprint density at radius 1 is 0.578 bits per heavy atom. The maximum Gasteiger partial charge on any atom is 0.265 e. The zero-order valence-corrected chi connectivity index (χ0v) is 25.3. The Morgan fingerprint density at radius 3 is 1.47 bits per heavy atom. The first-order valence-corrected chi connectivity index (χ1v) is 14.8. The first-order valence-electron chi connectivity index (χ1n) is 14.8. The molecule has 0 unspecified atom stereocenters. The van der Waals surface area contributed by atoms with Crippen molar-refractivity contribution in [3.05, 3.63) is 101 Å². The zero-order chi connectivity index (χ0) is 31.8. The van der Waals surface area contributed by atoms with Crippen LogP contribution >= 0.6 is 0 Å². The fraction of sp³-hybridized carbons (Fsp3) is 0.257. The van der Waals surface area contributed by atoms with E-state index in [9.17, 15) is 24.4 Å². The molecule has 0 atom stereocenters. The Kier molecular flexibility index (Phi) is 6.36. The summed E-state index contributed by atoms with van der Waals surface area (Å²) in [5.74, 6) is -2.09. The molecular weight excluding hydrogens is 570 g/mol. The molecule has 1 saturated heterocycles. The number of anilines is 1. The average Bonchev–Trinajstić information content (AvgIpc) is 3.01. The molecule has 3 aliphatic rings. The minimum Gasteiger partial charge on any atom is -0.271 e. The van der Waals surface area contributed by atoms with Crippen LogP contribution in [0, 0.1) is 0 Å². The smallest absolute Gasteiger partial charge is 0.265 e. The van der Waals surface area contributed by atoms with Gasteiger partial charge in [0.15, 0.2) is 0 Å². The van der Waals surface area contributed by atoms with Crippen molar-refractivity contribution >= 4 is 51.5 Å². The van der Waals surface area contributed by atoms with Crippen molar-refractivity contribution < 1.29 is 24.4 Å². The number of carbonyl (C=O) groups is 4. The van der Waals surface area contributed by atoms with Gasteiger partial charge >= 0.3 is 0 Å². The fourth-order valence-corrected chi connectivity index (χ4v) is 7.13. The van der Waals surface area contributed by atoms with Gasteiger partial charge in [-0.1, -0.05) is 18.2 Å². The van der Waals surface area contributed by atoms with Gasteiger partial charge in [-0.05, 0) is 101 Å². The molecule has 3 heterocycles. The zero-order valence-electron chi connectivity index (χ0n) is 25.3. The van der Waals surface area contributed by atoms with E-state index in [0.717, 1.165) is 9.96 Å². The van der Waals surface area contributed by atoms with Crippen LogP contribution in [0.4, 0.5) is 17.1 Å². The Hall–Kier alpha value is -5.06. The van der Waals surface area contributed by atoms with E-state index in [4.69, 9.17) is 0 Å². The molecule has 10 nitrogen and oxygen atoms in total. The van der Waals surface area contributed by atoms with Gasteiger partial charge in [0.2, 0.25) is 0 Å². The molecule has 45 heavy (non-hydrogen) atoms. The average molecular weight is 601 g/mol. The van der Waals surface area contributed by atoms with Crippen molar-refractivity contribution in [2.75, 3.05) is 4.90 Å². The number of hydrogen-bond acceptors (Lipinski definition) is 7. The summed E-state index contributed by atoms with van der Waals surface area (Å²) in [4.78, 5) is 58.0. The fourth-order valence-electron chi connectivity index (χ4n) is 7.13. The molecule has 0 aromatic heterocycles. The van der Waals surface area contributed by atoms with E-state index in [0.29, 0.717) is 40.7 Å². The highest BCUT2D eigenvalue weighted by Gasteiger charge is 2.51. The van der Waals surface area contributed by atoms with Crippen molar-refractivity contribution in [3.63, 3.8) is 0 Å². The molecule has 0 N–H and O–H groups in total. The lowest BCUT2D eigenvalue weighted by Gasteiger charge is -2.52. The van der Waals surface area contributed by atoms with Crippen LogP contribution in [-0.4, -0.2) is 50.7 Å². The first-order chi connectivity index (χ1) is 21.4. The summed E-state index contributed by atoms with van der Waals surface area (Å²) in [7, 11) is 0. The predicted octanol–water partition coefficient (Wildman–Crippen LogP) is 7.02. The van der Waals surface area contributed by atoms with Gasteiger partial charge in [0.1, 0.15) is 0 Å². The van der Waals surface area contributed by atoms with E-state index in [1.807, 2.05) is 58.0 Å². The van der Waals surface area contributed by atoms with Gasteiger partial charge in [0, 0.05) is 50.1 Å². The predicted molar refractivity (Wildman–Crippen MR) is 166 cm³/mol. The third-order valence-electron chi connectivity index (χ3n) is 9.01. The van der Waals surface area contributed by atoms with E-state index in [1.54, 1.807) is 48.5 Å². The highest BCUT2D eigenvalue weighted by Crippen LogP contribution is 2.44. The van der Waals surface area contributed by atoms with Crippen molar-refractivity contribution in [2.24, 2.45) is 10.2 Å². The lowest BCUT2D eigenvalue weighted by atomic mass is 9.77. The topological polar surface area (TPSA) is 123 Å². The van der Waals surface area contributed by atoms with E-state index < -0.39 is 40.7 Å². The minimum atomic E-state index is -0.789. The van der Waals surface area contributed by atoms with Gasteiger partial charge in [0.25, 0.3) is 23.6 Å². The molecule has 1 fully saturated rings. The van der Waals surface area contributed by atoms with E-state index in [-0.39, 0.29) is 22.3 Å². The molecule has 0 spiro atoms. The number of hydroxylamine groups is 2. The van der Waals surface area contributed by atoms with Crippen LogP contribution in [0.3, 0.4) is 0 Å². The number of imide groups is 2. The van der Waals surface area contributed by atoms with Gasteiger partial charge in [-0.3, -0.25) is 24.1 Å². The number of benzene rings is 4. The molecule has 225 valence electrons. The van der Waals surface area contributed by atoms with Gasteiger partial charge in [-0.25, -0.2) is 4.90 Å². The molecule has 4 aromatic carbocycles. The first kappa shape index (κ1) is 28.7. The Morgan fingerprint density at radius 2 is 1.00 bits per heavy atom. The van der Waals surface area contributed by atoms with Crippen LogP contribution in [0.1, 0.15) is 82.0 Å². The molecule has 0 bridgehead atoms. The van der Waals surface area contributed by atoms with Crippen LogP contribution in [0.25, 0.3) is 10.8 Å². The monoisotopic (exact) mass is 600 g/mol. The highest BCUT2D eigenvalue weighted by molar-refractivity contribution is 6.39. The molecule has 10 heteroatoms.